The van der Waals surface area contributed by atoms with Gasteiger partial charge in [-0.2, -0.15) is 0 Å². The molecule has 3 saturated heterocycles. The number of piperidine rings is 3. The highest BCUT2D eigenvalue weighted by Gasteiger charge is 2.40. The van der Waals surface area contributed by atoms with Crippen molar-refractivity contribution >= 4 is 16.8 Å². The van der Waals surface area contributed by atoms with E-state index in [4.69, 9.17) is 0 Å². The van der Waals surface area contributed by atoms with Crippen LogP contribution in [0.5, 0.6) is 0 Å². The van der Waals surface area contributed by atoms with E-state index in [-0.39, 0.29) is 11.9 Å². The van der Waals surface area contributed by atoms with Crippen LogP contribution in [0.25, 0.3) is 10.9 Å². The van der Waals surface area contributed by atoms with Crippen molar-refractivity contribution in [2.24, 2.45) is 5.92 Å². The lowest BCUT2D eigenvalue weighted by atomic mass is 9.79. The second-order valence-electron chi connectivity index (χ2n) is 6.25. The van der Waals surface area contributed by atoms with Crippen LogP contribution in [-0.4, -0.2) is 45.9 Å². The summed E-state index contributed by atoms with van der Waals surface area (Å²) in [4.78, 5) is 22.3. The minimum Gasteiger partial charge on any atom is -0.360 e. The zero-order chi connectivity index (χ0) is 14.4. The van der Waals surface area contributed by atoms with Gasteiger partial charge in [0.1, 0.15) is 5.69 Å². The van der Waals surface area contributed by atoms with Crippen molar-refractivity contribution in [3.8, 4) is 0 Å². The Morgan fingerprint density at radius 1 is 1.43 bits per heavy atom. The van der Waals surface area contributed by atoms with Crippen molar-refractivity contribution in [3.05, 3.63) is 30.2 Å². The molecule has 0 spiro atoms. The largest absolute Gasteiger partial charge is 0.360 e. The molecule has 1 amide bonds. The topological polar surface area (TPSA) is 61.0 Å². The summed E-state index contributed by atoms with van der Waals surface area (Å²) < 4.78 is 0. The molecule has 3 aliphatic heterocycles. The summed E-state index contributed by atoms with van der Waals surface area (Å²) in [6, 6.07) is 4.50. The summed E-state index contributed by atoms with van der Waals surface area (Å²) in [5, 5.41) is 4.25. The van der Waals surface area contributed by atoms with Crippen LogP contribution in [0.2, 0.25) is 0 Å². The molecule has 5 nitrogen and oxygen atoms in total. The molecule has 0 radical (unpaired) electrons. The number of carbonyl (C=O) groups excluding carboxylic acids is 1. The maximum Gasteiger partial charge on any atom is 0.270 e. The zero-order valence-corrected chi connectivity index (χ0v) is 12.2. The molecule has 0 aromatic carbocycles. The number of amides is 1. The molecule has 2 N–H and O–H groups in total. The number of aromatic amines is 1. The average molecular weight is 284 g/mol. The fourth-order valence-electron chi connectivity index (χ4n) is 3.85. The number of rotatable bonds is 2. The number of aromatic nitrogens is 2. The smallest absolute Gasteiger partial charge is 0.270 e. The third-order valence-corrected chi connectivity index (χ3v) is 5.15. The summed E-state index contributed by atoms with van der Waals surface area (Å²) >= 11 is 0. The quantitative estimate of drug-likeness (QED) is 0.883. The van der Waals surface area contributed by atoms with E-state index < -0.39 is 0 Å². The van der Waals surface area contributed by atoms with E-state index in [0.717, 1.165) is 10.9 Å². The first-order valence-corrected chi connectivity index (χ1v) is 7.70. The van der Waals surface area contributed by atoms with Gasteiger partial charge in [0.05, 0.1) is 11.7 Å². The van der Waals surface area contributed by atoms with Gasteiger partial charge in [-0.15, -0.1) is 0 Å². The molecule has 110 valence electrons. The van der Waals surface area contributed by atoms with Gasteiger partial charge in [-0.1, -0.05) is 0 Å². The molecule has 0 saturated carbocycles. The Morgan fingerprint density at radius 2 is 2.24 bits per heavy atom. The first-order valence-electron chi connectivity index (χ1n) is 7.70. The van der Waals surface area contributed by atoms with Crippen LogP contribution in [0, 0.1) is 5.92 Å². The number of hydrogen-bond acceptors (Lipinski definition) is 3. The Kier molecular flexibility index (Phi) is 2.96. The van der Waals surface area contributed by atoms with E-state index in [9.17, 15) is 4.79 Å². The normalized spacial score (nSPS) is 31.5. The molecule has 21 heavy (non-hydrogen) atoms. The molecular weight excluding hydrogens is 264 g/mol. The van der Waals surface area contributed by atoms with Gasteiger partial charge in [-0.25, -0.2) is 4.98 Å². The van der Waals surface area contributed by atoms with Crippen LogP contribution in [0.3, 0.4) is 0 Å². The van der Waals surface area contributed by atoms with E-state index in [1.807, 2.05) is 18.3 Å². The molecule has 5 heteroatoms. The van der Waals surface area contributed by atoms with Crippen LogP contribution in [0.15, 0.2) is 24.5 Å². The van der Waals surface area contributed by atoms with Crippen molar-refractivity contribution in [2.45, 2.75) is 31.8 Å². The Bertz CT molecular complexity index is 670. The number of pyridine rings is 1. The minimum absolute atomic E-state index is 0.0521. The Balaban J connectivity index is 1.54. The van der Waals surface area contributed by atoms with Gasteiger partial charge in [0.2, 0.25) is 0 Å². The molecule has 2 atom stereocenters. The number of nitrogens with zero attached hydrogens (tertiary/aromatic N) is 2. The van der Waals surface area contributed by atoms with Crippen LogP contribution in [0.1, 0.15) is 30.3 Å². The SMILES string of the molecule is C[C@H]1[C@H](NC(=O)c2cc3cc[nH]c3cn2)C2CCN1CC2. The first-order chi connectivity index (χ1) is 10.2. The summed E-state index contributed by atoms with van der Waals surface area (Å²) in [5.41, 5.74) is 1.47. The second kappa shape index (κ2) is 4.84. The number of H-pyrrole nitrogens is 1. The monoisotopic (exact) mass is 284 g/mol. The summed E-state index contributed by atoms with van der Waals surface area (Å²) in [6.45, 7) is 4.57. The van der Waals surface area contributed by atoms with Crippen LogP contribution < -0.4 is 5.32 Å². The molecule has 2 aromatic rings. The molecular formula is C16H20N4O. The minimum atomic E-state index is -0.0521. The lowest BCUT2D eigenvalue weighted by Crippen LogP contribution is -2.62. The van der Waals surface area contributed by atoms with Crippen molar-refractivity contribution < 1.29 is 4.79 Å². The predicted octanol–water partition coefficient (Wildman–Crippen LogP) is 1.78. The summed E-state index contributed by atoms with van der Waals surface area (Å²) in [6.07, 6.45) is 5.98. The van der Waals surface area contributed by atoms with Crippen molar-refractivity contribution in [1.82, 2.24) is 20.2 Å². The highest BCUT2D eigenvalue weighted by atomic mass is 16.2. The summed E-state index contributed by atoms with van der Waals surface area (Å²) in [7, 11) is 0. The fourth-order valence-corrected chi connectivity index (χ4v) is 3.85. The maximum absolute atomic E-state index is 12.5. The number of nitrogens with one attached hydrogen (secondary N) is 2. The van der Waals surface area contributed by atoms with Gasteiger partial charge in [-0.3, -0.25) is 9.69 Å². The van der Waals surface area contributed by atoms with Crippen molar-refractivity contribution in [3.63, 3.8) is 0 Å². The molecule has 3 aliphatic rings. The van der Waals surface area contributed by atoms with Gasteiger partial charge in [-0.05, 0) is 50.9 Å². The van der Waals surface area contributed by atoms with E-state index in [1.54, 1.807) is 6.20 Å². The second-order valence-corrected chi connectivity index (χ2v) is 6.25. The summed E-state index contributed by atoms with van der Waals surface area (Å²) in [5.74, 6) is 0.564. The van der Waals surface area contributed by atoms with Crippen LogP contribution in [0.4, 0.5) is 0 Å². The fraction of sp³-hybridized carbons (Fsp3) is 0.500. The number of fused-ring (bicyclic) bond motifs is 4. The maximum atomic E-state index is 12.5. The first kappa shape index (κ1) is 12.8. The Hall–Kier alpha value is -1.88. The zero-order valence-electron chi connectivity index (χ0n) is 12.2. The lowest BCUT2D eigenvalue weighted by molar-refractivity contribution is 0.0216. The molecule has 2 bridgehead atoms. The van der Waals surface area contributed by atoms with E-state index in [1.165, 1.54) is 25.9 Å². The van der Waals surface area contributed by atoms with E-state index in [0.29, 0.717) is 17.7 Å². The van der Waals surface area contributed by atoms with Crippen LogP contribution >= 0.6 is 0 Å². The van der Waals surface area contributed by atoms with Crippen LogP contribution in [-0.2, 0) is 0 Å². The van der Waals surface area contributed by atoms with Crippen molar-refractivity contribution in [1.29, 1.82) is 0 Å². The molecule has 2 aromatic heterocycles. The molecule has 5 rings (SSSR count). The van der Waals surface area contributed by atoms with E-state index in [2.05, 4.69) is 27.1 Å². The Labute approximate surface area is 123 Å². The standard InChI is InChI=1S/C16H20N4O/c1-10-15(11-3-6-20(10)7-4-11)19-16(21)13-8-12-2-5-17-14(12)9-18-13/h2,5,8-11,15,17H,3-4,6-7H2,1H3,(H,19,21)/t10-,15-/m0/s1. The molecule has 0 aliphatic carbocycles. The highest BCUT2D eigenvalue weighted by molar-refractivity contribution is 5.96. The third-order valence-electron chi connectivity index (χ3n) is 5.15. The number of hydrogen-bond donors (Lipinski definition) is 2. The highest BCUT2D eigenvalue weighted by Crippen LogP contribution is 2.32. The number of carbonyl (C=O) groups is 1. The molecule has 5 heterocycles. The Morgan fingerprint density at radius 3 is 3.00 bits per heavy atom. The van der Waals surface area contributed by atoms with Gasteiger partial charge in [0.15, 0.2) is 0 Å². The predicted molar refractivity (Wildman–Crippen MR) is 81.1 cm³/mol. The van der Waals surface area contributed by atoms with Gasteiger partial charge in [0, 0.05) is 23.7 Å². The van der Waals surface area contributed by atoms with E-state index >= 15 is 0 Å². The van der Waals surface area contributed by atoms with Gasteiger partial charge >= 0.3 is 0 Å². The molecule has 3 fully saturated rings. The van der Waals surface area contributed by atoms with Gasteiger partial charge < -0.3 is 10.3 Å². The average Bonchev–Trinajstić information content (AvgIpc) is 2.98. The third kappa shape index (κ3) is 2.12. The molecule has 0 unspecified atom stereocenters. The van der Waals surface area contributed by atoms with Gasteiger partial charge in [0.25, 0.3) is 5.91 Å². The van der Waals surface area contributed by atoms with Crippen molar-refractivity contribution in [2.75, 3.05) is 13.1 Å². The lowest BCUT2D eigenvalue weighted by Gasteiger charge is -2.49.